The van der Waals surface area contributed by atoms with E-state index in [4.69, 9.17) is 14.2 Å². The standard InChI is InChI=1S/C20H23N3O5/c1-26-19-5-3-2-4-18(19)22-8-6-21(7-9-22)12-15-10-17(23(24)25)11-16-13-27-14-28-20(15)16/h2-5,10-11H,6-9,12-14H2,1H3/p+1. The molecule has 0 spiro atoms. The molecule has 0 bridgehead atoms. The van der Waals surface area contributed by atoms with Gasteiger partial charge in [-0.15, -0.1) is 0 Å². The van der Waals surface area contributed by atoms with Crippen molar-refractivity contribution in [3.05, 3.63) is 57.6 Å². The Morgan fingerprint density at radius 1 is 1.25 bits per heavy atom. The number of para-hydroxylation sites is 2. The molecule has 148 valence electrons. The second kappa shape index (κ2) is 8.04. The van der Waals surface area contributed by atoms with Gasteiger partial charge in [0.05, 0.1) is 56.1 Å². The molecule has 1 saturated heterocycles. The molecule has 8 nitrogen and oxygen atoms in total. The van der Waals surface area contributed by atoms with Crippen molar-refractivity contribution < 1.29 is 24.0 Å². The van der Waals surface area contributed by atoms with Gasteiger partial charge in [-0.25, -0.2) is 0 Å². The van der Waals surface area contributed by atoms with Crippen LogP contribution >= 0.6 is 0 Å². The molecule has 8 heteroatoms. The van der Waals surface area contributed by atoms with Crippen LogP contribution in [0.1, 0.15) is 11.1 Å². The van der Waals surface area contributed by atoms with Gasteiger partial charge in [0.15, 0.2) is 6.79 Å². The number of nitro groups is 1. The van der Waals surface area contributed by atoms with Crippen LogP contribution in [0.4, 0.5) is 11.4 Å². The summed E-state index contributed by atoms with van der Waals surface area (Å²) in [4.78, 5) is 14.6. The molecule has 2 aliphatic heterocycles. The second-order valence-electron chi connectivity index (χ2n) is 7.05. The number of hydrogen-bond acceptors (Lipinski definition) is 6. The Kier molecular flexibility index (Phi) is 5.31. The average molecular weight is 386 g/mol. The van der Waals surface area contributed by atoms with Crippen molar-refractivity contribution in [2.24, 2.45) is 0 Å². The fourth-order valence-corrected chi connectivity index (χ4v) is 3.92. The summed E-state index contributed by atoms with van der Waals surface area (Å²) in [6.45, 7) is 4.91. The number of anilines is 1. The number of nitrogens with one attached hydrogen (secondary N) is 1. The molecule has 28 heavy (non-hydrogen) atoms. The zero-order valence-electron chi connectivity index (χ0n) is 15.8. The molecule has 2 aromatic carbocycles. The third kappa shape index (κ3) is 3.74. The Morgan fingerprint density at radius 3 is 2.79 bits per heavy atom. The third-order valence-electron chi connectivity index (χ3n) is 5.32. The number of rotatable bonds is 5. The molecule has 1 N–H and O–H groups in total. The number of methoxy groups -OCH3 is 1. The van der Waals surface area contributed by atoms with E-state index in [1.165, 1.54) is 4.90 Å². The van der Waals surface area contributed by atoms with Crippen LogP contribution in [0.3, 0.4) is 0 Å². The number of benzene rings is 2. The Hall–Kier alpha value is -2.84. The predicted molar refractivity (Wildman–Crippen MR) is 103 cm³/mol. The van der Waals surface area contributed by atoms with Crippen molar-refractivity contribution in [2.75, 3.05) is 45.0 Å². The van der Waals surface area contributed by atoms with E-state index in [0.717, 1.165) is 54.5 Å². The summed E-state index contributed by atoms with van der Waals surface area (Å²) in [7, 11) is 1.69. The van der Waals surface area contributed by atoms with Crippen molar-refractivity contribution >= 4 is 11.4 Å². The minimum Gasteiger partial charge on any atom is -0.495 e. The van der Waals surface area contributed by atoms with Gasteiger partial charge in [-0.3, -0.25) is 10.1 Å². The number of nitrogens with zero attached hydrogens (tertiary/aromatic N) is 2. The SMILES string of the molecule is COc1ccccc1N1CC[NH+](Cc2cc([N+](=O)[O-])cc3c2OCOC3)CC1. The van der Waals surface area contributed by atoms with Crippen molar-refractivity contribution in [3.63, 3.8) is 0 Å². The first kappa shape index (κ1) is 18.5. The van der Waals surface area contributed by atoms with Crippen molar-refractivity contribution in [3.8, 4) is 11.5 Å². The van der Waals surface area contributed by atoms with E-state index in [1.807, 2.05) is 18.2 Å². The normalized spacial score (nSPS) is 17.0. The van der Waals surface area contributed by atoms with E-state index in [9.17, 15) is 10.1 Å². The molecule has 4 rings (SSSR count). The van der Waals surface area contributed by atoms with Crippen LogP contribution < -0.4 is 19.3 Å². The van der Waals surface area contributed by atoms with Gasteiger partial charge in [0, 0.05) is 17.7 Å². The molecule has 0 atom stereocenters. The number of quaternary nitrogens is 1. The molecule has 0 radical (unpaired) electrons. The number of fused-ring (bicyclic) bond motifs is 1. The van der Waals surface area contributed by atoms with E-state index in [2.05, 4.69) is 11.0 Å². The first-order valence-electron chi connectivity index (χ1n) is 9.38. The maximum Gasteiger partial charge on any atom is 0.270 e. The lowest BCUT2D eigenvalue weighted by Crippen LogP contribution is -3.13. The first-order valence-corrected chi connectivity index (χ1v) is 9.38. The maximum atomic E-state index is 11.3. The van der Waals surface area contributed by atoms with Crippen LogP contribution in [0.2, 0.25) is 0 Å². The number of hydrogen-bond donors (Lipinski definition) is 1. The lowest BCUT2D eigenvalue weighted by Gasteiger charge is -2.34. The summed E-state index contributed by atoms with van der Waals surface area (Å²) >= 11 is 0. The molecular weight excluding hydrogens is 362 g/mol. The molecular formula is C20H24N3O5+. The molecule has 1 fully saturated rings. The van der Waals surface area contributed by atoms with Crippen LogP contribution in [0.5, 0.6) is 11.5 Å². The van der Waals surface area contributed by atoms with E-state index in [-0.39, 0.29) is 17.4 Å². The Labute approximate surface area is 163 Å². The molecule has 2 heterocycles. The van der Waals surface area contributed by atoms with E-state index in [0.29, 0.717) is 13.2 Å². The molecule has 0 saturated carbocycles. The van der Waals surface area contributed by atoms with Crippen LogP contribution in [0.15, 0.2) is 36.4 Å². The van der Waals surface area contributed by atoms with Crippen molar-refractivity contribution in [2.45, 2.75) is 13.2 Å². The Morgan fingerprint density at radius 2 is 2.04 bits per heavy atom. The maximum absolute atomic E-state index is 11.3. The fourth-order valence-electron chi connectivity index (χ4n) is 3.92. The molecule has 0 unspecified atom stereocenters. The molecule has 0 amide bonds. The lowest BCUT2D eigenvalue weighted by atomic mass is 10.1. The van der Waals surface area contributed by atoms with Crippen LogP contribution in [-0.2, 0) is 17.9 Å². The second-order valence-corrected chi connectivity index (χ2v) is 7.05. The van der Waals surface area contributed by atoms with Gasteiger partial charge in [0.25, 0.3) is 5.69 Å². The highest BCUT2D eigenvalue weighted by atomic mass is 16.7. The number of ether oxygens (including phenoxy) is 3. The highest BCUT2D eigenvalue weighted by molar-refractivity contribution is 5.58. The minimum atomic E-state index is -0.354. The molecule has 0 aliphatic carbocycles. The topological polar surface area (TPSA) is 78.5 Å². The van der Waals surface area contributed by atoms with Crippen LogP contribution in [0.25, 0.3) is 0 Å². The quantitative estimate of drug-likeness (QED) is 0.618. The van der Waals surface area contributed by atoms with Crippen molar-refractivity contribution in [1.82, 2.24) is 0 Å². The first-order chi connectivity index (χ1) is 13.7. The van der Waals surface area contributed by atoms with Gasteiger partial charge >= 0.3 is 0 Å². The molecule has 0 aromatic heterocycles. The fraction of sp³-hybridized carbons (Fsp3) is 0.400. The van der Waals surface area contributed by atoms with Gasteiger partial charge in [0.1, 0.15) is 18.0 Å². The van der Waals surface area contributed by atoms with Gasteiger partial charge in [-0.2, -0.15) is 0 Å². The van der Waals surface area contributed by atoms with Gasteiger partial charge in [0.2, 0.25) is 0 Å². The molecule has 2 aliphatic rings. The van der Waals surface area contributed by atoms with E-state index < -0.39 is 0 Å². The third-order valence-corrected chi connectivity index (χ3v) is 5.32. The average Bonchev–Trinajstić information content (AvgIpc) is 2.74. The van der Waals surface area contributed by atoms with Gasteiger partial charge in [-0.1, -0.05) is 12.1 Å². The van der Waals surface area contributed by atoms with Gasteiger partial charge < -0.3 is 24.0 Å². The van der Waals surface area contributed by atoms with Gasteiger partial charge in [-0.05, 0) is 12.1 Å². The summed E-state index contributed by atoms with van der Waals surface area (Å²) in [6.07, 6.45) is 0. The molecule has 2 aromatic rings. The predicted octanol–water partition coefficient (Wildman–Crippen LogP) is 1.37. The number of piperazine rings is 1. The van der Waals surface area contributed by atoms with Crippen LogP contribution in [-0.4, -0.2) is 45.0 Å². The number of nitro benzene ring substituents is 1. The highest BCUT2D eigenvalue weighted by Gasteiger charge is 2.26. The summed E-state index contributed by atoms with van der Waals surface area (Å²) in [5.41, 5.74) is 2.84. The smallest absolute Gasteiger partial charge is 0.270 e. The Balaban J connectivity index is 1.48. The van der Waals surface area contributed by atoms with Crippen molar-refractivity contribution in [1.29, 1.82) is 0 Å². The lowest BCUT2D eigenvalue weighted by molar-refractivity contribution is -0.914. The zero-order chi connectivity index (χ0) is 19.5. The zero-order valence-corrected chi connectivity index (χ0v) is 15.8. The summed E-state index contributed by atoms with van der Waals surface area (Å²) in [5.74, 6) is 1.63. The highest BCUT2D eigenvalue weighted by Crippen LogP contribution is 2.32. The number of non-ortho nitro benzene ring substituents is 1. The van der Waals surface area contributed by atoms with Crippen LogP contribution in [0, 0.1) is 10.1 Å². The Bertz CT molecular complexity index is 865. The summed E-state index contributed by atoms with van der Waals surface area (Å²) in [5, 5.41) is 11.3. The monoisotopic (exact) mass is 386 g/mol. The van der Waals surface area contributed by atoms with E-state index >= 15 is 0 Å². The summed E-state index contributed by atoms with van der Waals surface area (Å²) < 4.78 is 16.4. The largest absolute Gasteiger partial charge is 0.495 e. The summed E-state index contributed by atoms with van der Waals surface area (Å²) in [6, 6.07) is 11.2. The minimum absolute atomic E-state index is 0.0925. The van der Waals surface area contributed by atoms with E-state index in [1.54, 1.807) is 19.2 Å².